The van der Waals surface area contributed by atoms with Crippen LogP contribution in [0, 0.1) is 56.7 Å². The minimum atomic E-state index is -0.645. The van der Waals surface area contributed by atoms with Crippen molar-refractivity contribution in [3.8, 4) is 0 Å². The zero-order chi connectivity index (χ0) is 27.2. The molecule has 5 saturated carbocycles. The van der Waals surface area contributed by atoms with Gasteiger partial charge >= 0.3 is 5.97 Å². The number of methoxy groups -OCH3 is 1. The van der Waals surface area contributed by atoms with E-state index in [0.29, 0.717) is 36.0 Å². The van der Waals surface area contributed by atoms with Crippen LogP contribution in [0.5, 0.6) is 0 Å². The van der Waals surface area contributed by atoms with E-state index in [4.69, 9.17) is 4.74 Å². The third-order valence-electron chi connectivity index (χ3n) is 13.8. The van der Waals surface area contributed by atoms with E-state index in [1.807, 2.05) is 0 Å². The molecule has 0 amide bonds. The first-order valence-electron chi connectivity index (χ1n) is 15.0. The standard InChI is InChI=1S/C33H52O4/c1-20(2)21-11-15-33(16-13-26(35)37-8)18-17-31(6)22(27(21)33)9-10-25-30(5)19-23(34)28(36)29(3,4)24(30)12-14-32(25,31)7/h13,16,21-25,27-28,34,36H,1,9-12,14-15,17-19H2,2-8H3/b16-13+/t21-,22?,23+,24?,25?,27?,28+,30-,31+,32+,33-/m0/s1. The molecule has 208 valence electrons. The van der Waals surface area contributed by atoms with Crippen molar-refractivity contribution in [1.29, 1.82) is 0 Å². The van der Waals surface area contributed by atoms with Crippen LogP contribution in [0.3, 0.4) is 0 Å². The van der Waals surface area contributed by atoms with Gasteiger partial charge in [-0.05, 0) is 121 Å². The number of ether oxygens (including phenoxy) is 1. The van der Waals surface area contributed by atoms with Gasteiger partial charge < -0.3 is 14.9 Å². The molecule has 0 aromatic rings. The lowest BCUT2D eigenvalue weighted by Crippen LogP contribution is -2.68. The maximum Gasteiger partial charge on any atom is 0.330 e. The topological polar surface area (TPSA) is 66.8 Å². The molecule has 11 atom stereocenters. The summed E-state index contributed by atoms with van der Waals surface area (Å²) in [7, 11) is 1.46. The first-order valence-corrected chi connectivity index (χ1v) is 15.0. The van der Waals surface area contributed by atoms with Crippen LogP contribution in [-0.2, 0) is 9.53 Å². The van der Waals surface area contributed by atoms with Gasteiger partial charge in [0, 0.05) is 6.08 Å². The van der Waals surface area contributed by atoms with Gasteiger partial charge in [-0.2, -0.15) is 0 Å². The Morgan fingerprint density at radius 3 is 2.27 bits per heavy atom. The van der Waals surface area contributed by atoms with Crippen molar-refractivity contribution in [3.63, 3.8) is 0 Å². The summed E-state index contributed by atoms with van der Waals surface area (Å²) in [5.41, 5.74) is 1.52. The molecule has 4 heteroatoms. The van der Waals surface area contributed by atoms with E-state index >= 15 is 0 Å². The molecule has 2 N–H and O–H groups in total. The van der Waals surface area contributed by atoms with Crippen molar-refractivity contribution >= 4 is 5.97 Å². The van der Waals surface area contributed by atoms with Crippen LogP contribution in [0.25, 0.3) is 0 Å². The van der Waals surface area contributed by atoms with Gasteiger partial charge in [0.15, 0.2) is 0 Å². The maximum absolute atomic E-state index is 12.1. The van der Waals surface area contributed by atoms with Crippen molar-refractivity contribution < 1.29 is 19.7 Å². The molecular formula is C33H52O4. The Hall–Kier alpha value is -1.13. The summed E-state index contributed by atoms with van der Waals surface area (Å²) in [6.45, 7) is 18.7. The van der Waals surface area contributed by atoms with Crippen LogP contribution in [0.4, 0.5) is 0 Å². The molecule has 0 spiro atoms. The van der Waals surface area contributed by atoms with E-state index < -0.39 is 12.2 Å². The van der Waals surface area contributed by atoms with Crippen molar-refractivity contribution in [2.24, 2.45) is 56.7 Å². The van der Waals surface area contributed by atoms with Gasteiger partial charge in [-0.15, -0.1) is 0 Å². The number of carbonyl (C=O) groups is 1. The van der Waals surface area contributed by atoms with Crippen LogP contribution in [-0.4, -0.2) is 35.5 Å². The summed E-state index contributed by atoms with van der Waals surface area (Å²) < 4.78 is 4.99. The summed E-state index contributed by atoms with van der Waals surface area (Å²) in [5.74, 6) is 2.35. The highest BCUT2D eigenvalue weighted by atomic mass is 16.5. The SMILES string of the molecule is C=C(C)[C@@H]1CC[C@]2(/C=C/C(=O)OC)CC[C@]3(C)C(CCC4[C@@]5(C)C[C@@H](O)[C@@H](O)C(C)(C)C5CC[C@]43C)C12. The van der Waals surface area contributed by atoms with Crippen LogP contribution < -0.4 is 0 Å². The molecule has 5 fully saturated rings. The quantitative estimate of drug-likeness (QED) is 0.251. The number of allylic oxidation sites excluding steroid dienone is 2. The summed E-state index contributed by atoms with van der Waals surface area (Å²) >= 11 is 0. The van der Waals surface area contributed by atoms with Crippen molar-refractivity contribution in [2.75, 3.05) is 7.11 Å². The minimum absolute atomic E-state index is 0.0336. The molecule has 0 radical (unpaired) electrons. The fraction of sp³-hybridized carbons (Fsp3) is 0.848. The Balaban J connectivity index is 1.55. The second-order valence-electron chi connectivity index (χ2n) is 15.3. The Morgan fingerprint density at radius 1 is 0.919 bits per heavy atom. The Kier molecular flexibility index (Phi) is 6.44. The molecule has 0 saturated heterocycles. The first-order chi connectivity index (χ1) is 17.2. The zero-order valence-electron chi connectivity index (χ0n) is 24.5. The van der Waals surface area contributed by atoms with Gasteiger partial charge in [-0.25, -0.2) is 4.79 Å². The molecule has 0 aliphatic heterocycles. The number of hydrogen-bond donors (Lipinski definition) is 2. The normalized spacial score (nSPS) is 52.5. The first kappa shape index (κ1) is 27.4. The Bertz CT molecular complexity index is 983. The number of aliphatic hydroxyl groups is 2. The Labute approximate surface area is 225 Å². The fourth-order valence-corrected chi connectivity index (χ4v) is 11.9. The molecule has 0 aromatic carbocycles. The molecule has 4 unspecified atom stereocenters. The maximum atomic E-state index is 12.1. The van der Waals surface area contributed by atoms with Crippen molar-refractivity contribution in [3.05, 3.63) is 24.3 Å². The number of carbonyl (C=O) groups excluding carboxylic acids is 1. The van der Waals surface area contributed by atoms with Crippen molar-refractivity contribution in [2.45, 2.75) is 112 Å². The second kappa shape index (κ2) is 8.68. The smallest absolute Gasteiger partial charge is 0.330 e. The molecular weight excluding hydrogens is 460 g/mol. The number of rotatable bonds is 3. The highest BCUT2D eigenvalue weighted by Gasteiger charge is 2.71. The molecule has 5 aliphatic carbocycles. The largest absolute Gasteiger partial charge is 0.466 e. The lowest BCUT2D eigenvalue weighted by molar-refractivity contribution is -0.261. The molecule has 5 aliphatic rings. The third kappa shape index (κ3) is 3.56. The molecule has 5 rings (SSSR count). The molecule has 0 bridgehead atoms. The van der Waals surface area contributed by atoms with E-state index in [1.54, 1.807) is 6.08 Å². The lowest BCUT2D eigenvalue weighted by Gasteiger charge is -2.73. The van der Waals surface area contributed by atoms with Crippen LogP contribution in [0.15, 0.2) is 24.3 Å². The van der Waals surface area contributed by atoms with E-state index in [-0.39, 0.29) is 33.0 Å². The van der Waals surface area contributed by atoms with Gasteiger partial charge in [0.1, 0.15) is 0 Å². The van der Waals surface area contributed by atoms with E-state index in [0.717, 1.165) is 25.7 Å². The summed E-state index contributed by atoms with van der Waals surface area (Å²) in [5, 5.41) is 22.0. The molecule has 0 aromatic heterocycles. The van der Waals surface area contributed by atoms with E-state index in [2.05, 4.69) is 54.2 Å². The molecule has 0 heterocycles. The van der Waals surface area contributed by atoms with Crippen LogP contribution in [0.2, 0.25) is 0 Å². The second-order valence-corrected chi connectivity index (χ2v) is 15.3. The van der Waals surface area contributed by atoms with Crippen molar-refractivity contribution in [1.82, 2.24) is 0 Å². The predicted octanol–water partition coefficient (Wildman–Crippen LogP) is 6.70. The summed E-state index contributed by atoms with van der Waals surface area (Å²) in [6.07, 6.45) is 12.7. The monoisotopic (exact) mass is 512 g/mol. The van der Waals surface area contributed by atoms with Gasteiger partial charge in [-0.3, -0.25) is 0 Å². The number of esters is 1. The van der Waals surface area contributed by atoms with Gasteiger partial charge in [-0.1, -0.05) is 52.8 Å². The average Bonchev–Trinajstić information content (AvgIpc) is 3.22. The molecule has 4 nitrogen and oxygen atoms in total. The minimum Gasteiger partial charge on any atom is -0.466 e. The summed E-state index contributed by atoms with van der Waals surface area (Å²) in [4.78, 5) is 12.1. The van der Waals surface area contributed by atoms with Crippen LogP contribution >= 0.6 is 0 Å². The van der Waals surface area contributed by atoms with Gasteiger partial charge in [0.05, 0.1) is 19.3 Å². The number of aliphatic hydroxyl groups excluding tert-OH is 2. The number of hydrogen-bond acceptors (Lipinski definition) is 4. The van der Waals surface area contributed by atoms with Gasteiger partial charge in [0.25, 0.3) is 0 Å². The third-order valence-corrected chi connectivity index (χ3v) is 13.8. The Morgan fingerprint density at radius 2 is 1.62 bits per heavy atom. The van der Waals surface area contributed by atoms with Crippen LogP contribution in [0.1, 0.15) is 99.3 Å². The van der Waals surface area contributed by atoms with E-state index in [1.165, 1.54) is 38.4 Å². The highest BCUT2D eigenvalue weighted by Crippen LogP contribution is 2.77. The zero-order valence-corrected chi connectivity index (χ0v) is 24.5. The highest BCUT2D eigenvalue weighted by molar-refractivity contribution is 5.81. The fourth-order valence-electron chi connectivity index (χ4n) is 11.9. The number of fused-ring (bicyclic) bond motifs is 7. The molecule has 37 heavy (non-hydrogen) atoms. The van der Waals surface area contributed by atoms with E-state index in [9.17, 15) is 15.0 Å². The average molecular weight is 513 g/mol. The van der Waals surface area contributed by atoms with Gasteiger partial charge in [0.2, 0.25) is 0 Å². The lowest BCUT2D eigenvalue weighted by atomic mass is 9.32. The predicted molar refractivity (Wildman–Crippen MR) is 148 cm³/mol. The summed E-state index contributed by atoms with van der Waals surface area (Å²) in [6, 6.07) is 0.